The highest BCUT2D eigenvalue weighted by Crippen LogP contribution is 2.09. The number of hydrogen-bond acceptors (Lipinski definition) is 2. The van der Waals surface area contributed by atoms with E-state index in [2.05, 4.69) is 12.2 Å². The highest BCUT2D eigenvalue weighted by molar-refractivity contribution is 5.91. The van der Waals surface area contributed by atoms with Gasteiger partial charge < -0.3 is 10.1 Å². The van der Waals surface area contributed by atoms with E-state index < -0.39 is 0 Å². The Kier molecular flexibility index (Phi) is 4.13. The van der Waals surface area contributed by atoms with Crippen LogP contribution in [0.5, 0.6) is 0 Å². The van der Waals surface area contributed by atoms with Gasteiger partial charge in [0.15, 0.2) is 0 Å². The minimum atomic E-state index is -0.128. The van der Waals surface area contributed by atoms with Crippen molar-refractivity contribution in [1.82, 2.24) is 0 Å². The van der Waals surface area contributed by atoms with Gasteiger partial charge in [0.25, 0.3) is 0 Å². The molecule has 1 aromatic carbocycles. The molecule has 0 aliphatic heterocycles. The molecular formula is C11H15NO2. The molecule has 3 heteroatoms. The fraction of sp³-hybridized carbons (Fsp3) is 0.364. The Morgan fingerprint density at radius 1 is 1.36 bits per heavy atom. The van der Waals surface area contributed by atoms with E-state index in [1.807, 2.05) is 24.3 Å². The van der Waals surface area contributed by atoms with Crippen molar-refractivity contribution >= 4 is 11.6 Å². The van der Waals surface area contributed by atoms with Crippen LogP contribution in [0.15, 0.2) is 24.3 Å². The van der Waals surface area contributed by atoms with E-state index in [0.29, 0.717) is 0 Å². The minimum Gasteiger partial charge on any atom is -0.375 e. The van der Waals surface area contributed by atoms with Gasteiger partial charge in [-0.15, -0.1) is 0 Å². The third-order valence-corrected chi connectivity index (χ3v) is 1.92. The zero-order chi connectivity index (χ0) is 10.4. The van der Waals surface area contributed by atoms with Gasteiger partial charge >= 0.3 is 0 Å². The van der Waals surface area contributed by atoms with Crippen molar-refractivity contribution in [2.24, 2.45) is 0 Å². The second kappa shape index (κ2) is 5.40. The monoisotopic (exact) mass is 193 g/mol. The molecular weight excluding hydrogens is 178 g/mol. The van der Waals surface area contributed by atoms with Crippen molar-refractivity contribution in [3.63, 3.8) is 0 Å². The largest absolute Gasteiger partial charge is 0.375 e. The molecule has 0 aliphatic carbocycles. The van der Waals surface area contributed by atoms with E-state index in [1.54, 1.807) is 0 Å². The molecule has 1 rings (SSSR count). The van der Waals surface area contributed by atoms with Gasteiger partial charge in [0.05, 0.1) is 0 Å². The zero-order valence-electron chi connectivity index (χ0n) is 8.54. The molecule has 1 aromatic rings. The Hall–Kier alpha value is -1.35. The number of benzene rings is 1. The zero-order valence-corrected chi connectivity index (χ0v) is 8.54. The maximum absolute atomic E-state index is 11.1. The summed E-state index contributed by atoms with van der Waals surface area (Å²) in [4.78, 5) is 11.1. The first-order chi connectivity index (χ1) is 6.76. The van der Waals surface area contributed by atoms with Crippen molar-refractivity contribution in [3.05, 3.63) is 29.8 Å². The lowest BCUT2D eigenvalue weighted by Crippen LogP contribution is -2.16. The van der Waals surface area contributed by atoms with E-state index in [-0.39, 0.29) is 12.5 Å². The molecule has 14 heavy (non-hydrogen) atoms. The van der Waals surface area contributed by atoms with Crippen LogP contribution in [0.2, 0.25) is 0 Å². The first-order valence-electron chi connectivity index (χ1n) is 4.64. The Labute approximate surface area is 84.1 Å². The van der Waals surface area contributed by atoms with E-state index in [1.165, 1.54) is 12.7 Å². The molecule has 1 amide bonds. The molecule has 0 radical (unpaired) electrons. The Bertz CT molecular complexity index is 293. The van der Waals surface area contributed by atoms with E-state index in [4.69, 9.17) is 4.74 Å². The summed E-state index contributed by atoms with van der Waals surface area (Å²) < 4.78 is 4.71. The predicted molar refractivity (Wildman–Crippen MR) is 56.3 cm³/mol. The fourth-order valence-electron chi connectivity index (χ4n) is 1.15. The lowest BCUT2D eigenvalue weighted by atomic mass is 10.1. The van der Waals surface area contributed by atoms with Crippen LogP contribution in [0.3, 0.4) is 0 Å². The predicted octanol–water partition coefficient (Wildman–Crippen LogP) is 1.83. The van der Waals surface area contributed by atoms with Gasteiger partial charge in [-0.05, 0) is 24.1 Å². The molecule has 0 heterocycles. The summed E-state index contributed by atoms with van der Waals surface area (Å²) in [6, 6.07) is 7.80. The Balaban J connectivity index is 2.55. The maximum atomic E-state index is 11.1. The molecule has 1 N–H and O–H groups in total. The van der Waals surface area contributed by atoms with Crippen LogP contribution in [0.1, 0.15) is 12.5 Å². The molecule has 0 saturated heterocycles. The van der Waals surface area contributed by atoms with Crippen LogP contribution in [0, 0.1) is 0 Å². The quantitative estimate of drug-likeness (QED) is 0.792. The lowest BCUT2D eigenvalue weighted by Gasteiger charge is -2.04. The van der Waals surface area contributed by atoms with Crippen LogP contribution in [-0.4, -0.2) is 19.6 Å². The lowest BCUT2D eigenvalue weighted by molar-refractivity contribution is -0.119. The number of rotatable bonds is 4. The van der Waals surface area contributed by atoms with Crippen LogP contribution in [-0.2, 0) is 16.0 Å². The number of methoxy groups -OCH3 is 1. The summed E-state index contributed by atoms with van der Waals surface area (Å²) >= 11 is 0. The first-order valence-corrected chi connectivity index (χ1v) is 4.64. The summed E-state index contributed by atoms with van der Waals surface area (Å²) in [5, 5.41) is 2.73. The highest BCUT2D eigenvalue weighted by atomic mass is 16.5. The van der Waals surface area contributed by atoms with Crippen molar-refractivity contribution < 1.29 is 9.53 Å². The van der Waals surface area contributed by atoms with Crippen molar-refractivity contribution in [1.29, 1.82) is 0 Å². The molecule has 0 saturated carbocycles. The van der Waals surface area contributed by atoms with Gasteiger partial charge in [-0.2, -0.15) is 0 Å². The molecule has 0 bridgehead atoms. The van der Waals surface area contributed by atoms with Crippen LogP contribution >= 0.6 is 0 Å². The standard InChI is InChI=1S/C11H15NO2/c1-3-9-4-6-10(7-5-9)12-11(13)8-14-2/h4-7H,3,8H2,1-2H3,(H,12,13). The topological polar surface area (TPSA) is 38.3 Å². The van der Waals surface area contributed by atoms with Crippen molar-refractivity contribution in [2.75, 3.05) is 19.0 Å². The fourth-order valence-corrected chi connectivity index (χ4v) is 1.15. The van der Waals surface area contributed by atoms with Gasteiger partial charge in [-0.1, -0.05) is 19.1 Å². The minimum absolute atomic E-state index is 0.0928. The smallest absolute Gasteiger partial charge is 0.250 e. The normalized spacial score (nSPS) is 9.86. The number of carbonyl (C=O) groups excluding carboxylic acids is 1. The van der Waals surface area contributed by atoms with Gasteiger partial charge in [0.2, 0.25) is 5.91 Å². The molecule has 0 unspecified atom stereocenters. The number of carbonyl (C=O) groups is 1. The summed E-state index contributed by atoms with van der Waals surface area (Å²) in [7, 11) is 1.50. The van der Waals surface area contributed by atoms with Crippen LogP contribution in [0.25, 0.3) is 0 Å². The third-order valence-electron chi connectivity index (χ3n) is 1.92. The second-order valence-corrected chi connectivity index (χ2v) is 3.03. The van der Waals surface area contributed by atoms with Gasteiger partial charge in [0.1, 0.15) is 6.61 Å². The number of amides is 1. The van der Waals surface area contributed by atoms with E-state index in [9.17, 15) is 4.79 Å². The highest BCUT2D eigenvalue weighted by Gasteiger charge is 2.00. The number of ether oxygens (including phenoxy) is 1. The summed E-state index contributed by atoms with van der Waals surface area (Å²) in [6.45, 7) is 2.19. The SMILES string of the molecule is CCc1ccc(NC(=O)COC)cc1. The average Bonchev–Trinajstić information content (AvgIpc) is 2.19. The molecule has 0 fully saturated rings. The van der Waals surface area contributed by atoms with Gasteiger partial charge in [-0.25, -0.2) is 0 Å². The van der Waals surface area contributed by atoms with Crippen LogP contribution in [0.4, 0.5) is 5.69 Å². The van der Waals surface area contributed by atoms with Gasteiger partial charge in [0, 0.05) is 12.8 Å². The Morgan fingerprint density at radius 3 is 2.50 bits per heavy atom. The number of anilines is 1. The molecule has 0 aliphatic rings. The van der Waals surface area contributed by atoms with Gasteiger partial charge in [-0.3, -0.25) is 4.79 Å². The van der Waals surface area contributed by atoms with Crippen LogP contribution < -0.4 is 5.32 Å². The number of hydrogen-bond donors (Lipinski definition) is 1. The maximum Gasteiger partial charge on any atom is 0.250 e. The molecule has 3 nitrogen and oxygen atoms in total. The molecule has 0 spiro atoms. The number of nitrogens with one attached hydrogen (secondary N) is 1. The van der Waals surface area contributed by atoms with Crippen molar-refractivity contribution in [3.8, 4) is 0 Å². The molecule has 0 aromatic heterocycles. The van der Waals surface area contributed by atoms with E-state index in [0.717, 1.165) is 12.1 Å². The third kappa shape index (κ3) is 3.18. The second-order valence-electron chi connectivity index (χ2n) is 3.03. The van der Waals surface area contributed by atoms with Crippen molar-refractivity contribution in [2.45, 2.75) is 13.3 Å². The summed E-state index contributed by atoms with van der Waals surface area (Å²) in [6.07, 6.45) is 1.01. The Morgan fingerprint density at radius 2 is 2.00 bits per heavy atom. The average molecular weight is 193 g/mol. The summed E-state index contributed by atoms with van der Waals surface area (Å²) in [5.41, 5.74) is 2.07. The molecule has 0 atom stereocenters. The summed E-state index contributed by atoms with van der Waals surface area (Å²) in [5.74, 6) is -0.128. The number of aryl methyl sites for hydroxylation is 1. The first kappa shape index (κ1) is 10.7. The van der Waals surface area contributed by atoms with E-state index >= 15 is 0 Å². The molecule has 76 valence electrons.